The van der Waals surface area contributed by atoms with Crippen LogP contribution in [0.25, 0.3) is 0 Å². The summed E-state index contributed by atoms with van der Waals surface area (Å²) in [4.78, 5) is 30.7. The molecule has 8 heteroatoms. The molecular formula is C18H28Cl2N4O2. The van der Waals surface area contributed by atoms with E-state index in [2.05, 4.69) is 15.6 Å². The van der Waals surface area contributed by atoms with E-state index >= 15 is 0 Å². The lowest BCUT2D eigenvalue weighted by Crippen LogP contribution is -2.46. The van der Waals surface area contributed by atoms with E-state index in [4.69, 9.17) is 0 Å². The molecule has 0 aliphatic carbocycles. The van der Waals surface area contributed by atoms with Gasteiger partial charge in [-0.15, -0.1) is 24.8 Å². The number of piperidine rings is 1. The molecule has 3 rings (SSSR count). The number of nitrogens with one attached hydrogen (secondary N) is 2. The van der Waals surface area contributed by atoms with Gasteiger partial charge in [0, 0.05) is 32.0 Å². The molecule has 0 radical (unpaired) electrons. The Balaban J connectivity index is 0.00000169. The summed E-state index contributed by atoms with van der Waals surface area (Å²) in [5.74, 6) is 0.462. The van der Waals surface area contributed by atoms with Gasteiger partial charge in [0.15, 0.2) is 0 Å². The molecule has 0 bridgehead atoms. The molecular weight excluding hydrogens is 375 g/mol. The Morgan fingerprint density at radius 3 is 2.77 bits per heavy atom. The van der Waals surface area contributed by atoms with E-state index in [1.54, 1.807) is 12.4 Å². The lowest BCUT2D eigenvalue weighted by Gasteiger charge is -2.33. The van der Waals surface area contributed by atoms with Gasteiger partial charge in [-0.05, 0) is 56.7 Å². The first kappa shape index (κ1) is 22.7. The van der Waals surface area contributed by atoms with Crippen molar-refractivity contribution >= 4 is 36.6 Å². The molecule has 6 nitrogen and oxygen atoms in total. The van der Waals surface area contributed by atoms with Crippen LogP contribution in [-0.4, -0.2) is 53.9 Å². The summed E-state index contributed by atoms with van der Waals surface area (Å²) >= 11 is 0. The molecule has 1 aromatic rings. The van der Waals surface area contributed by atoms with Crippen molar-refractivity contribution in [3.63, 3.8) is 0 Å². The highest BCUT2D eigenvalue weighted by Gasteiger charge is 2.27. The molecule has 2 atom stereocenters. The zero-order valence-electron chi connectivity index (χ0n) is 15.1. The van der Waals surface area contributed by atoms with Gasteiger partial charge in [0.25, 0.3) is 5.91 Å². The third-order valence-electron chi connectivity index (χ3n) is 4.87. The predicted molar refractivity (Wildman–Crippen MR) is 106 cm³/mol. The van der Waals surface area contributed by atoms with E-state index in [1.165, 1.54) is 0 Å². The molecule has 2 unspecified atom stereocenters. The second-order valence-electron chi connectivity index (χ2n) is 6.90. The molecule has 0 saturated carbocycles. The van der Waals surface area contributed by atoms with Crippen molar-refractivity contribution in [1.29, 1.82) is 0 Å². The van der Waals surface area contributed by atoms with Crippen molar-refractivity contribution in [2.75, 3.05) is 26.2 Å². The summed E-state index contributed by atoms with van der Waals surface area (Å²) in [5, 5.41) is 6.27. The number of rotatable bonds is 4. The first-order valence-electron chi connectivity index (χ1n) is 8.85. The number of amides is 2. The first-order valence-corrected chi connectivity index (χ1v) is 8.85. The summed E-state index contributed by atoms with van der Waals surface area (Å²) in [6.45, 7) is 4.99. The van der Waals surface area contributed by atoms with Gasteiger partial charge in [0.2, 0.25) is 5.91 Å². The summed E-state index contributed by atoms with van der Waals surface area (Å²) in [6.07, 6.45) is 7.39. The molecule has 1 aromatic heterocycles. The molecule has 0 aromatic carbocycles. The highest BCUT2D eigenvalue weighted by atomic mass is 35.5. The van der Waals surface area contributed by atoms with E-state index in [0.717, 1.165) is 44.3 Å². The lowest BCUT2D eigenvalue weighted by atomic mass is 9.97. The van der Waals surface area contributed by atoms with Crippen LogP contribution >= 0.6 is 24.8 Å². The zero-order chi connectivity index (χ0) is 16.9. The van der Waals surface area contributed by atoms with Crippen LogP contribution in [0.4, 0.5) is 0 Å². The standard InChI is InChI=1S/C18H26N4O2.2ClH/c1-13-8-15(11-19-9-13)18(24)22-7-3-4-14(12-22)10-21-17(23)16-5-2-6-20-16;;/h8-9,11,14,16,20H,2-7,10,12H2,1H3,(H,21,23);2*1H. The van der Waals surface area contributed by atoms with E-state index in [0.29, 0.717) is 24.6 Å². The zero-order valence-corrected chi connectivity index (χ0v) is 16.7. The van der Waals surface area contributed by atoms with Crippen LogP contribution in [-0.2, 0) is 4.79 Å². The number of hydrogen-bond acceptors (Lipinski definition) is 4. The molecule has 0 spiro atoms. The van der Waals surface area contributed by atoms with Crippen molar-refractivity contribution in [3.05, 3.63) is 29.6 Å². The monoisotopic (exact) mass is 402 g/mol. The van der Waals surface area contributed by atoms with Crippen molar-refractivity contribution in [2.45, 2.75) is 38.6 Å². The van der Waals surface area contributed by atoms with Crippen LogP contribution in [0.1, 0.15) is 41.6 Å². The van der Waals surface area contributed by atoms with Gasteiger partial charge >= 0.3 is 0 Å². The Kier molecular flexibility index (Phi) is 9.33. The number of carbonyl (C=O) groups excluding carboxylic acids is 2. The highest BCUT2D eigenvalue weighted by Crippen LogP contribution is 2.18. The van der Waals surface area contributed by atoms with Gasteiger partial charge < -0.3 is 15.5 Å². The average molecular weight is 403 g/mol. The minimum Gasteiger partial charge on any atom is -0.354 e. The lowest BCUT2D eigenvalue weighted by molar-refractivity contribution is -0.123. The quantitative estimate of drug-likeness (QED) is 0.806. The fourth-order valence-electron chi connectivity index (χ4n) is 3.55. The number of hydrogen-bond donors (Lipinski definition) is 2. The van der Waals surface area contributed by atoms with E-state index in [1.807, 2.05) is 17.9 Å². The second-order valence-corrected chi connectivity index (χ2v) is 6.90. The van der Waals surface area contributed by atoms with E-state index in [-0.39, 0.29) is 42.7 Å². The van der Waals surface area contributed by atoms with Crippen molar-refractivity contribution in [2.24, 2.45) is 5.92 Å². The Morgan fingerprint density at radius 2 is 2.08 bits per heavy atom. The maximum absolute atomic E-state index is 12.6. The average Bonchev–Trinajstić information content (AvgIpc) is 3.14. The largest absolute Gasteiger partial charge is 0.354 e. The molecule has 2 aliphatic rings. The number of halogens is 2. The molecule has 3 heterocycles. The van der Waals surface area contributed by atoms with Crippen LogP contribution in [0.5, 0.6) is 0 Å². The Bertz CT molecular complexity index is 609. The second kappa shape index (κ2) is 10.7. The number of nitrogens with zero attached hydrogens (tertiary/aromatic N) is 2. The smallest absolute Gasteiger partial charge is 0.255 e. The SMILES string of the molecule is Cc1cncc(C(=O)N2CCCC(CNC(=O)C3CCCN3)C2)c1.Cl.Cl. The van der Waals surface area contributed by atoms with Crippen molar-refractivity contribution in [3.8, 4) is 0 Å². The topological polar surface area (TPSA) is 74.3 Å². The van der Waals surface area contributed by atoms with Gasteiger partial charge in [-0.25, -0.2) is 0 Å². The maximum atomic E-state index is 12.6. The van der Waals surface area contributed by atoms with Crippen LogP contribution in [0.2, 0.25) is 0 Å². The normalized spacial score (nSPS) is 22.1. The fourth-order valence-corrected chi connectivity index (χ4v) is 3.55. The van der Waals surface area contributed by atoms with Crippen molar-refractivity contribution < 1.29 is 9.59 Å². The highest BCUT2D eigenvalue weighted by molar-refractivity contribution is 5.94. The van der Waals surface area contributed by atoms with Crippen LogP contribution < -0.4 is 10.6 Å². The summed E-state index contributed by atoms with van der Waals surface area (Å²) in [7, 11) is 0. The van der Waals surface area contributed by atoms with E-state index in [9.17, 15) is 9.59 Å². The minimum atomic E-state index is -0.0373. The summed E-state index contributed by atoms with van der Waals surface area (Å²) in [6, 6.07) is 1.84. The molecule has 2 saturated heterocycles. The molecule has 26 heavy (non-hydrogen) atoms. The summed E-state index contributed by atoms with van der Waals surface area (Å²) in [5.41, 5.74) is 1.64. The number of likely N-dealkylation sites (tertiary alicyclic amines) is 1. The fraction of sp³-hybridized carbons (Fsp3) is 0.611. The Hall–Kier alpha value is -1.37. The molecule has 2 amide bonds. The third-order valence-corrected chi connectivity index (χ3v) is 4.87. The third kappa shape index (κ3) is 5.83. The van der Waals surface area contributed by atoms with E-state index < -0.39 is 0 Å². The Labute approximate surface area is 167 Å². The van der Waals surface area contributed by atoms with Crippen molar-refractivity contribution in [1.82, 2.24) is 20.5 Å². The van der Waals surface area contributed by atoms with Gasteiger partial charge in [-0.3, -0.25) is 14.6 Å². The number of pyridine rings is 1. The molecule has 2 N–H and O–H groups in total. The number of aromatic nitrogens is 1. The van der Waals surface area contributed by atoms with Gasteiger partial charge in [0.1, 0.15) is 0 Å². The van der Waals surface area contributed by atoms with Gasteiger partial charge in [-0.1, -0.05) is 0 Å². The van der Waals surface area contributed by atoms with Crippen LogP contribution in [0.3, 0.4) is 0 Å². The Morgan fingerprint density at radius 1 is 1.27 bits per heavy atom. The predicted octanol–water partition coefficient (Wildman–Crippen LogP) is 1.95. The number of aryl methyl sites for hydroxylation is 1. The molecule has 2 aliphatic heterocycles. The van der Waals surface area contributed by atoms with Gasteiger partial charge in [-0.2, -0.15) is 0 Å². The summed E-state index contributed by atoms with van der Waals surface area (Å²) < 4.78 is 0. The maximum Gasteiger partial charge on any atom is 0.255 e. The van der Waals surface area contributed by atoms with Crippen LogP contribution in [0, 0.1) is 12.8 Å². The minimum absolute atomic E-state index is 0. The first-order chi connectivity index (χ1) is 11.6. The molecule has 146 valence electrons. The molecule has 2 fully saturated rings. The van der Waals surface area contributed by atoms with Crippen LogP contribution in [0.15, 0.2) is 18.5 Å². The number of carbonyl (C=O) groups is 2. The van der Waals surface area contributed by atoms with Gasteiger partial charge in [0.05, 0.1) is 11.6 Å².